The Balaban J connectivity index is 1.59. The number of rotatable bonds is 4. The Bertz CT molecular complexity index is 744. The Labute approximate surface area is 139 Å². The van der Waals surface area contributed by atoms with Gasteiger partial charge in [-0.15, -0.1) is 0 Å². The fourth-order valence-electron chi connectivity index (χ4n) is 2.70. The second-order valence-electron chi connectivity index (χ2n) is 5.96. The zero-order valence-corrected chi connectivity index (χ0v) is 13.3. The van der Waals surface area contributed by atoms with Crippen molar-refractivity contribution in [3.05, 3.63) is 65.2 Å². The van der Waals surface area contributed by atoms with Gasteiger partial charge >= 0.3 is 0 Å². The zero-order chi connectivity index (χ0) is 17.1. The summed E-state index contributed by atoms with van der Waals surface area (Å²) in [5, 5.41) is 2.87. The summed E-state index contributed by atoms with van der Waals surface area (Å²) >= 11 is 0. The van der Waals surface area contributed by atoms with E-state index in [0.29, 0.717) is 18.7 Å². The molecule has 1 aromatic heterocycles. The number of halogens is 1. The van der Waals surface area contributed by atoms with E-state index in [1.165, 1.54) is 18.3 Å². The van der Waals surface area contributed by atoms with Gasteiger partial charge in [-0.3, -0.25) is 14.6 Å². The fourth-order valence-corrected chi connectivity index (χ4v) is 2.70. The van der Waals surface area contributed by atoms with Crippen molar-refractivity contribution in [2.45, 2.75) is 25.9 Å². The van der Waals surface area contributed by atoms with Crippen LogP contribution in [0.5, 0.6) is 0 Å². The van der Waals surface area contributed by atoms with Crippen LogP contribution in [0.15, 0.2) is 42.6 Å². The maximum atomic E-state index is 12.9. The van der Waals surface area contributed by atoms with Gasteiger partial charge in [0.2, 0.25) is 5.91 Å². The molecule has 24 heavy (non-hydrogen) atoms. The lowest BCUT2D eigenvalue weighted by Gasteiger charge is -2.17. The van der Waals surface area contributed by atoms with Crippen molar-refractivity contribution < 1.29 is 14.0 Å². The fraction of sp³-hybridized carbons (Fsp3) is 0.278. The number of aryl methyl sites for hydroxylation is 1. The van der Waals surface area contributed by atoms with E-state index in [0.717, 1.165) is 11.3 Å². The summed E-state index contributed by atoms with van der Waals surface area (Å²) in [4.78, 5) is 30.1. The van der Waals surface area contributed by atoms with Crippen molar-refractivity contribution in [3.8, 4) is 0 Å². The quantitative estimate of drug-likeness (QED) is 0.935. The predicted molar refractivity (Wildman–Crippen MR) is 86.7 cm³/mol. The number of benzene rings is 1. The average Bonchev–Trinajstić information content (AvgIpc) is 2.89. The highest BCUT2D eigenvalue weighted by molar-refractivity contribution is 5.94. The maximum absolute atomic E-state index is 12.9. The number of aromatic nitrogens is 1. The summed E-state index contributed by atoms with van der Waals surface area (Å²) in [6.45, 7) is 2.71. The molecule has 0 radical (unpaired) electrons. The van der Waals surface area contributed by atoms with E-state index in [1.807, 2.05) is 6.92 Å². The van der Waals surface area contributed by atoms with Gasteiger partial charge in [-0.1, -0.05) is 12.1 Å². The SMILES string of the molecule is Cc1ccc(C(=O)N[C@H]2CC(=O)N(Cc3ccc(F)cc3)C2)cn1. The summed E-state index contributed by atoms with van der Waals surface area (Å²) in [6.07, 6.45) is 1.80. The molecular weight excluding hydrogens is 309 g/mol. The summed E-state index contributed by atoms with van der Waals surface area (Å²) in [6, 6.07) is 9.32. The Morgan fingerprint density at radius 2 is 2.04 bits per heavy atom. The van der Waals surface area contributed by atoms with Crippen LogP contribution in [0.1, 0.15) is 28.0 Å². The Morgan fingerprint density at radius 3 is 2.71 bits per heavy atom. The van der Waals surface area contributed by atoms with E-state index < -0.39 is 0 Å². The van der Waals surface area contributed by atoms with E-state index in [-0.39, 0.29) is 30.1 Å². The van der Waals surface area contributed by atoms with E-state index in [9.17, 15) is 14.0 Å². The standard InChI is InChI=1S/C18H18FN3O2/c1-12-2-5-14(9-20-12)18(24)21-16-8-17(23)22(11-16)10-13-3-6-15(19)7-4-13/h2-7,9,16H,8,10-11H2,1H3,(H,21,24)/t16-/m0/s1. The molecule has 1 atom stereocenters. The molecule has 0 spiro atoms. The molecule has 0 aliphatic carbocycles. The molecule has 2 amide bonds. The van der Waals surface area contributed by atoms with Gasteiger partial charge in [0, 0.05) is 31.4 Å². The van der Waals surface area contributed by atoms with Crippen molar-refractivity contribution in [1.82, 2.24) is 15.2 Å². The van der Waals surface area contributed by atoms with E-state index in [1.54, 1.807) is 29.2 Å². The Kier molecular flexibility index (Phi) is 4.55. The lowest BCUT2D eigenvalue weighted by atomic mass is 10.2. The third-order valence-corrected chi connectivity index (χ3v) is 4.01. The highest BCUT2D eigenvalue weighted by Gasteiger charge is 2.30. The van der Waals surface area contributed by atoms with Crippen molar-refractivity contribution >= 4 is 11.8 Å². The summed E-state index contributed by atoms with van der Waals surface area (Å²) < 4.78 is 12.9. The molecule has 0 saturated carbocycles. The molecule has 1 saturated heterocycles. The monoisotopic (exact) mass is 327 g/mol. The third-order valence-electron chi connectivity index (χ3n) is 4.01. The first-order chi connectivity index (χ1) is 11.5. The van der Waals surface area contributed by atoms with Gasteiger partial charge in [-0.2, -0.15) is 0 Å². The lowest BCUT2D eigenvalue weighted by Crippen LogP contribution is -2.37. The van der Waals surface area contributed by atoms with Crippen LogP contribution in [0.2, 0.25) is 0 Å². The number of likely N-dealkylation sites (tertiary alicyclic amines) is 1. The van der Waals surface area contributed by atoms with Crippen LogP contribution in [-0.4, -0.2) is 34.3 Å². The molecule has 1 aliphatic rings. The second kappa shape index (κ2) is 6.78. The van der Waals surface area contributed by atoms with E-state index >= 15 is 0 Å². The molecule has 2 heterocycles. The molecule has 3 rings (SSSR count). The first-order valence-corrected chi connectivity index (χ1v) is 7.77. The van der Waals surface area contributed by atoms with Gasteiger partial charge in [-0.05, 0) is 36.8 Å². The van der Waals surface area contributed by atoms with Gasteiger partial charge < -0.3 is 10.2 Å². The van der Waals surface area contributed by atoms with Crippen molar-refractivity contribution in [2.75, 3.05) is 6.54 Å². The highest BCUT2D eigenvalue weighted by atomic mass is 19.1. The summed E-state index contributed by atoms with van der Waals surface area (Å²) in [7, 11) is 0. The maximum Gasteiger partial charge on any atom is 0.253 e. The average molecular weight is 327 g/mol. The normalized spacial score (nSPS) is 17.2. The largest absolute Gasteiger partial charge is 0.347 e. The first-order valence-electron chi connectivity index (χ1n) is 7.77. The molecule has 1 aromatic carbocycles. The van der Waals surface area contributed by atoms with Crippen LogP contribution in [0.4, 0.5) is 4.39 Å². The molecule has 0 bridgehead atoms. The van der Waals surface area contributed by atoms with Crippen molar-refractivity contribution in [3.63, 3.8) is 0 Å². The smallest absolute Gasteiger partial charge is 0.253 e. The lowest BCUT2D eigenvalue weighted by molar-refractivity contribution is -0.128. The van der Waals surface area contributed by atoms with Gasteiger partial charge in [0.25, 0.3) is 5.91 Å². The van der Waals surface area contributed by atoms with Crippen LogP contribution < -0.4 is 5.32 Å². The molecule has 0 unspecified atom stereocenters. The number of hydrogen-bond donors (Lipinski definition) is 1. The molecule has 5 nitrogen and oxygen atoms in total. The van der Waals surface area contributed by atoms with Gasteiger partial charge in [0.05, 0.1) is 11.6 Å². The Hall–Kier alpha value is -2.76. The minimum Gasteiger partial charge on any atom is -0.347 e. The topological polar surface area (TPSA) is 62.3 Å². The van der Waals surface area contributed by atoms with Gasteiger partial charge in [0.1, 0.15) is 5.82 Å². The van der Waals surface area contributed by atoms with Crippen LogP contribution in [0.25, 0.3) is 0 Å². The van der Waals surface area contributed by atoms with Gasteiger partial charge in [-0.25, -0.2) is 4.39 Å². The minimum absolute atomic E-state index is 0.0216. The van der Waals surface area contributed by atoms with Crippen LogP contribution in [0.3, 0.4) is 0 Å². The van der Waals surface area contributed by atoms with Crippen molar-refractivity contribution in [2.24, 2.45) is 0 Å². The number of carbonyl (C=O) groups is 2. The number of amides is 2. The number of pyridine rings is 1. The molecule has 6 heteroatoms. The third kappa shape index (κ3) is 3.76. The van der Waals surface area contributed by atoms with Crippen LogP contribution in [-0.2, 0) is 11.3 Å². The van der Waals surface area contributed by atoms with Crippen molar-refractivity contribution in [1.29, 1.82) is 0 Å². The number of carbonyl (C=O) groups excluding carboxylic acids is 2. The number of hydrogen-bond acceptors (Lipinski definition) is 3. The minimum atomic E-state index is -0.302. The molecule has 2 aromatic rings. The molecule has 1 fully saturated rings. The van der Waals surface area contributed by atoms with Crippen LogP contribution in [0, 0.1) is 12.7 Å². The molecule has 1 N–H and O–H groups in total. The van der Waals surface area contributed by atoms with E-state index in [4.69, 9.17) is 0 Å². The number of nitrogens with zero attached hydrogens (tertiary/aromatic N) is 2. The summed E-state index contributed by atoms with van der Waals surface area (Å²) in [5.41, 5.74) is 2.18. The predicted octanol–water partition coefficient (Wildman–Crippen LogP) is 2.06. The Morgan fingerprint density at radius 1 is 1.29 bits per heavy atom. The molecule has 124 valence electrons. The molecule has 1 aliphatic heterocycles. The highest BCUT2D eigenvalue weighted by Crippen LogP contribution is 2.16. The zero-order valence-electron chi connectivity index (χ0n) is 13.3. The number of nitrogens with one attached hydrogen (secondary N) is 1. The molecular formula is C18H18FN3O2. The first kappa shape index (κ1) is 16.1. The van der Waals surface area contributed by atoms with Gasteiger partial charge in [0.15, 0.2) is 0 Å². The summed E-state index contributed by atoms with van der Waals surface area (Å²) in [5.74, 6) is -0.557. The second-order valence-corrected chi connectivity index (χ2v) is 5.96. The van der Waals surface area contributed by atoms with Crippen LogP contribution >= 0.6 is 0 Å². The van der Waals surface area contributed by atoms with E-state index in [2.05, 4.69) is 10.3 Å².